The van der Waals surface area contributed by atoms with Gasteiger partial charge in [-0.3, -0.25) is 14.8 Å². The number of oxazole rings is 1. The van der Waals surface area contributed by atoms with E-state index < -0.39 is 67.9 Å². The zero-order valence-electron chi connectivity index (χ0n) is 25.8. The maximum absolute atomic E-state index is 14.5. The van der Waals surface area contributed by atoms with Gasteiger partial charge >= 0.3 is 18.3 Å². The number of rotatable bonds is 11. The van der Waals surface area contributed by atoms with Crippen LogP contribution in [-0.2, 0) is 4.79 Å². The van der Waals surface area contributed by atoms with Crippen molar-refractivity contribution in [2.24, 2.45) is 4.99 Å². The number of aromatic amines is 1. The molecule has 3 aromatic carbocycles. The van der Waals surface area contributed by atoms with Crippen molar-refractivity contribution in [3.8, 4) is 23.0 Å². The van der Waals surface area contributed by atoms with Crippen LogP contribution in [0.5, 0.6) is 23.0 Å². The van der Waals surface area contributed by atoms with Crippen LogP contribution in [0.2, 0.25) is 0 Å². The van der Waals surface area contributed by atoms with E-state index in [0.717, 1.165) is 29.2 Å². The number of hydrogen-bond donors (Lipinski definition) is 1. The van der Waals surface area contributed by atoms with Crippen molar-refractivity contribution < 1.29 is 58.5 Å². The predicted molar refractivity (Wildman–Crippen MR) is 161 cm³/mol. The lowest BCUT2D eigenvalue weighted by molar-refractivity contribution is -0.274. The van der Waals surface area contributed by atoms with Crippen molar-refractivity contribution in [3.63, 3.8) is 0 Å². The molecule has 1 amide bonds. The van der Waals surface area contributed by atoms with Gasteiger partial charge in [0.05, 0.1) is 37.0 Å². The van der Waals surface area contributed by atoms with Crippen LogP contribution in [0.3, 0.4) is 0 Å². The van der Waals surface area contributed by atoms with Crippen LogP contribution in [0, 0.1) is 0 Å². The highest BCUT2D eigenvalue weighted by atomic mass is 19.4. The van der Waals surface area contributed by atoms with Gasteiger partial charge in [0.2, 0.25) is 0 Å². The number of nitrogens with zero attached hydrogens (tertiary/aromatic N) is 2. The normalized spacial score (nSPS) is 16.7. The van der Waals surface area contributed by atoms with E-state index in [1.54, 1.807) is 18.2 Å². The minimum Gasteiger partial charge on any atom is -0.490 e. The van der Waals surface area contributed by atoms with Gasteiger partial charge in [-0.2, -0.15) is 13.2 Å². The monoisotopic (exact) mass is 711 g/mol. The number of fused-ring (bicyclic) bond motifs is 1. The molecule has 0 fully saturated rings. The lowest BCUT2D eigenvalue weighted by Crippen LogP contribution is -2.40. The Morgan fingerprint density at radius 3 is 2.34 bits per heavy atom. The average Bonchev–Trinajstić information content (AvgIpc) is 3.68. The minimum atomic E-state index is -4.94. The molecule has 1 unspecified atom stereocenters. The molecular formula is C33H25F8N3O6. The number of benzene rings is 3. The van der Waals surface area contributed by atoms with Crippen molar-refractivity contribution >= 4 is 22.7 Å². The molecule has 264 valence electrons. The average molecular weight is 712 g/mol. The quantitative estimate of drug-likeness (QED) is 0.125. The zero-order chi connectivity index (χ0) is 36.0. The van der Waals surface area contributed by atoms with Gasteiger partial charge in [-0.25, -0.2) is 13.6 Å². The highest BCUT2D eigenvalue weighted by molar-refractivity contribution is 6.25. The van der Waals surface area contributed by atoms with Gasteiger partial charge in [-0.05, 0) is 60.5 Å². The Hall–Kier alpha value is -5.35. The Bertz CT molecular complexity index is 2040. The summed E-state index contributed by atoms with van der Waals surface area (Å²) < 4.78 is 126. The lowest BCUT2D eigenvalue weighted by atomic mass is 9.91. The molecule has 1 atom stereocenters. The molecule has 0 saturated carbocycles. The molecular weight excluding hydrogens is 686 g/mol. The Morgan fingerprint density at radius 2 is 1.66 bits per heavy atom. The number of aliphatic imine (C=N–C) groups is 1. The third-order valence-electron chi connectivity index (χ3n) is 7.66. The molecule has 2 aliphatic heterocycles. The summed E-state index contributed by atoms with van der Waals surface area (Å²) in [7, 11) is 0. The zero-order valence-corrected chi connectivity index (χ0v) is 25.8. The van der Waals surface area contributed by atoms with Crippen LogP contribution in [0.25, 0.3) is 11.1 Å². The van der Waals surface area contributed by atoms with E-state index in [2.05, 4.69) is 14.7 Å². The first kappa shape index (κ1) is 34.5. The number of amides is 1. The Labute approximate surface area is 276 Å². The third kappa shape index (κ3) is 7.60. The van der Waals surface area contributed by atoms with Crippen LogP contribution in [-0.4, -0.2) is 59.7 Å². The predicted octanol–water partition coefficient (Wildman–Crippen LogP) is 7.87. The molecule has 0 saturated heterocycles. The van der Waals surface area contributed by atoms with Gasteiger partial charge in [-0.1, -0.05) is 12.1 Å². The van der Waals surface area contributed by atoms with Crippen LogP contribution < -0.4 is 20.0 Å². The highest BCUT2D eigenvalue weighted by Gasteiger charge is 2.47. The van der Waals surface area contributed by atoms with E-state index in [0.29, 0.717) is 18.0 Å². The highest BCUT2D eigenvalue weighted by Crippen LogP contribution is 2.46. The Morgan fingerprint density at radius 1 is 0.940 bits per heavy atom. The van der Waals surface area contributed by atoms with Crippen molar-refractivity contribution in [1.82, 2.24) is 9.88 Å². The fourth-order valence-electron chi connectivity index (χ4n) is 5.78. The van der Waals surface area contributed by atoms with E-state index in [9.17, 15) is 44.7 Å². The summed E-state index contributed by atoms with van der Waals surface area (Å²) in [5, 5.41) is 0. The van der Waals surface area contributed by atoms with Crippen molar-refractivity contribution in [3.05, 3.63) is 93.5 Å². The molecule has 2 aliphatic rings. The van der Waals surface area contributed by atoms with Gasteiger partial charge in [0.1, 0.15) is 11.5 Å². The summed E-state index contributed by atoms with van der Waals surface area (Å²) in [5.74, 6) is -5.56. The number of para-hydroxylation sites is 1. The van der Waals surface area contributed by atoms with Gasteiger partial charge < -0.3 is 23.5 Å². The Balaban J connectivity index is 1.39. The fourth-order valence-corrected chi connectivity index (χ4v) is 5.78. The molecule has 6 rings (SSSR count). The second-order valence-electron chi connectivity index (χ2n) is 11.6. The summed E-state index contributed by atoms with van der Waals surface area (Å²) in [6.45, 7) is -0.977. The van der Waals surface area contributed by atoms with Crippen molar-refractivity contribution in [2.45, 2.75) is 44.3 Å². The van der Waals surface area contributed by atoms with Gasteiger partial charge in [0.15, 0.2) is 17.1 Å². The summed E-state index contributed by atoms with van der Waals surface area (Å²) in [6, 6.07) is 11.9. The first-order valence-corrected chi connectivity index (χ1v) is 14.9. The standard InChI is InChI=1S/C33H25F8N3O6/c1-31(34,35)16-44-27(25-21(29(44)45)15-42-26(25)20-4-2-5-22-28(20)49-30(46)43-22)17-6-11-23(24(14-17)47-13-3-12-32(36,37)38)48-18-7-9-19(10-8-18)50-33(39,40)41/h2,4-11,14,27H,3,12-13,15-16H2,1H3,(H,43,46). The largest absolute Gasteiger partial charge is 0.573 e. The van der Waals surface area contributed by atoms with Crippen LogP contribution >= 0.6 is 0 Å². The smallest absolute Gasteiger partial charge is 0.490 e. The second kappa shape index (κ2) is 12.8. The maximum Gasteiger partial charge on any atom is 0.573 e. The second-order valence-corrected chi connectivity index (χ2v) is 11.6. The SMILES string of the molecule is CC(F)(F)CN1C(=O)C2=C(C(c3cccc4[nH]c(=O)oc34)=NC2)C1c1ccc(Oc2ccc(OC(F)(F)F)cc2)c(OCCCC(F)(F)F)c1. The summed E-state index contributed by atoms with van der Waals surface area (Å²) >= 11 is 0. The van der Waals surface area contributed by atoms with E-state index in [4.69, 9.17) is 13.9 Å². The maximum atomic E-state index is 14.5. The van der Waals surface area contributed by atoms with Crippen LogP contribution in [0.1, 0.15) is 36.9 Å². The number of aromatic nitrogens is 1. The molecule has 0 radical (unpaired) electrons. The number of ether oxygens (including phenoxy) is 3. The molecule has 0 bridgehead atoms. The van der Waals surface area contributed by atoms with Crippen LogP contribution in [0.4, 0.5) is 35.1 Å². The molecule has 50 heavy (non-hydrogen) atoms. The van der Waals surface area contributed by atoms with Gasteiger partial charge in [-0.15, -0.1) is 13.2 Å². The molecule has 3 heterocycles. The molecule has 1 N–H and O–H groups in total. The van der Waals surface area contributed by atoms with Crippen LogP contribution in [0.15, 0.2) is 86.0 Å². The first-order chi connectivity index (χ1) is 23.5. The number of alkyl halides is 8. The van der Waals surface area contributed by atoms with E-state index in [-0.39, 0.29) is 51.8 Å². The minimum absolute atomic E-state index is 0.00649. The molecule has 9 nitrogen and oxygen atoms in total. The molecule has 17 heteroatoms. The number of carbonyl (C=O) groups is 1. The number of carbonyl (C=O) groups excluding carboxylic acids is 1. The van der Waals surface area contributed by atoms with Gasteiger partial charge in [0.25, 0.3) is 11.8 Å². The van der Waals surface area contributed by atoms with Gasteiger partial charge in [0, 0.05) is 30.1 Å². The molecule has 1 aromatic heterocycles. The number of H-pyrrole nitrogens is 1. The summed E-state index contributed by atoms with van der Waals surface area (Å²) in [6.07, 6.45) is -11.0. The summed E-state index contributed by atoms with van der Waals surface area (Å²) in [5.41, 5.74) is 1.57. The number of nitrogens with one attached hydrogen (secondary N) is 1. The molecule has 0 aliphatic carbocycles. The van der Waals surface area contributed by atoms with E-state index >= 15 is 0 Å². The van der Waals surface area contributed by atoms with Crippen molar-refractivity contribution in [1.29, 1.82) is 0 Å². The topological polar surface area (TPSA) is 106 Å². The van der Waals surface area contributed by atoms with E-state index in [1.807, 2.05) is 0 Å². The number of hydrogen-bond acceptors (Lipinski definition) is 7. The lowest BCUT2D eigenvalue weighted by Gasteiger charge is -2.31. The first-order valence-electron chi connectivity index (χ1n) is 14.9. The molecule has 4 aromatic rings. The summed E-state index contributed by atoms with van der Waals surface area (Å²) in [4.78, 5) is 33.6. The van der Waals surface area contributed by atoms with E-state index in [1.165, 1.54) is 18.2 Å². The Kier molecular flexibility index (Phi) is 8.86. The number of halogens is 8. The third-order valence-corrected chi connectivity index (χ3v) is 7.66. The van der Waals surface area contributed by atoms with Crippen molar-refractivity contribution in [2.75, 3.05) is 19.7 Å². The fraction of sp³-hybridized carbons (Fsp3) is 0.303. The molecule has 0 spiro atoms.